The average molecular weight is 330 g/mol. The fraction of sp³-hybridized carbons (Fsp3) is 0.294. The molecule has 5 nitrogen and oxygen atoms in total. The standard InChI is InChI=1S/C17H18N2O3S/c20-17(12-14-6-2-1-3-7-14)19(16-8-4-5-10-18-16)15-9-11-23(21,22)13-15/h1-8,10,15H,9,11-13H2. The fourth-order valence-corrected chi connectivity index (χ4v) is 4.55. The van der Waals surface area contributed by atoms with Crippen molar-refractivity contribution in [1.29, 1.82) is 0 Å². The lowest BCUT2D eigenvalue weighted by atomic mass is 10.1. The lowest BCUT2D eigenvalue weighted by Gasteiger charge is -2.27. The molecule has 23 heavy (non-hydrogen) atoms. The SMILES string of the molecule is O=C(Cc1ccccc1)N(c1ccccn1)C1CCS(=O)(=O)C1. The Morgan fingerprint density at radius 2 is 1.87 bits per heavy atom. The number of pyridine rings is 1. The van der Waals surface area contributed by atoms with Crippen LogP contribution in [0.3, 0.4) is 0 Å². The highest BCUT2D eigenvalue weighted by Gasteiger charge is 2.35. The van der Waals surface area contributed by atoms with Crippen molar-refractivity contribution in [1.82, 2.24) is 4.98 Å². The van der Waals surface area contributed by atoms with Crippen LogP contribution in [0, 0.1) is 0 Å². The predicted octanol–water partition coefficient (Wildman–Crippen LogP) is 1.84. The summed E-state index contributed by atoms with van der Waals surface area (Å²) in [5.41, 5.74) is 0.902. The van der Waals surface area contributed by atoms with Crippen LogP contribution in [0.1, 0.15) is 12.0 Å². The van der Waals surface area contributed by atoms with Crippen LogP contribution in [0.25, 0.3) is 0 Å². The van der Waals surface area contributed by atoms with Gasteiger partial charge in [-0.3, -0.25) is 9.69 Å². The molecule has 1 unspecified atom stereocenters. The normalized spacial score (nSPS) is 19.4. The van der Waals surface area contributed by atoms with E-state index in [9.17, 15) is 13.2 Å². The van der Waals surface area contributed by atoms with Crippen LogP contribution in [0.5, 0.6) is 0 Å². The summed E-state index contributed by atoms with van der Waals surface area (Å²) in [6, 6.07) is 14.4. The van der Waals surface area contributed by atoms with Gasteiger partial charge in [-0.15, -0.1) is 0 Å². The van der Waals surface area contributed by atoms with E-state index in [1.54, 1.807) is 29.3 Å². The van der Waals surface area contributed by atoms with Crippen LogP contribution in [0.2, 0.25) is 0 Å². The summed E-state index contributed by atoms with van der Waals surface area (Å²) >= 11 is 0. The van der Waals surface area contributed by atoms with Crippen molar-refractivity contribution < 1.29 is 13.2 Å². The maximum Gasteiger partial charge on any atom is 0.232 e. The van der Waals surface area contributed by atoms with Crippen LogP contribution in [0.4, 0.5) is 5.82 Å². The molecule has 3 rings (SSSR count). The van der Waals surface area contributed by atoms with Crippen LogP contribution >= 0.6 is 0 Å². The first-order chi connectivity index (χ1) is 11.1. The van der Waals surface area contributed by atoms with Gasteiger partial charge in [0, 0.05) is 6.20 Å². The van der Waals surface area contributed by atoms with Crippen molar-refractivity contribution in [3.05, 3.63) is 60.3 Å². The Morgan fingerprint density at radius 3 is 2.48 bits per heavy atom. The number of hydrogen-bond acceptors (Lipinski definition) is 4. The van der Waals surface area contributed by atoms with Crippen LogP contribution in [-0.2, 0) is 21.1 Å². The van der Waals surface area contributed by atoms with E-state index in [0.717, 1.165) is 5.56 Å². The van der Waals surface area contributed by atoms with E-state index >= 15 is 0 Å². The highest BCUT2D eigenvalue weighted by molar-refractivity contribution is 7.91. The molecule has 1 aromatic carbocycles. The van der Waals surface area contributed by atoms with Gasteiger partial charge < -0.3 is 0 Å². The molecule has 0 spiro atoms. The second kappa shape index (κ2) is 6.50. The average Bonchev–Trinajstić information content (AvgIpc) is 2.89. The van der Waals surface area contributed by atoms with Crippen molar-refractivity contribution in [3.63, 3.8) is 0 Å². The summed E-state index contributed by atoms with van der Waals surface area (Å²) in [7, 11) is -3.08. The topological polar surface area (TPSA) is 67.3 Å². The van der Waals surface area contributed by atoms with Crippen LogP contribution < -0.4 is 4.90 Å². The summed E-state index contributed by atoms with van der Waals surface area (Å²) in [4.78, 5) is 18.6. The highest BCUT2D eigenvalue weighted by Crippen LogP contribution is 2.23. The number of aromatic nitrogens is 1. The quantitative estimate of drug-likeness (QED) is 0.858. The monoisotopic (exact) mass is 330 g/mol. The van der Waals surface area contributed by atoms with Crippen molar-refractivity contribution in [2.45, 2.75) is 18.9 Å². The molecule has 2 aromatic rings. The number of benzene rings is 1. The van der Waals surface area contributed by atoms with E-state index in [2.05, 4.69) is 4.98 Å². The van der Waals surface area contributed by atoms with Gasteiger partial charge in [-0.05, 0) is 24.1 Å². The molecule has 0 aliphatic carbocycles. The molecule has 1 aromatic heterocycles. The molecule has 1 aliphatic rings. The first kappa shape index (κ1) is 15.7. The molecule has 0 N–H and O–H groups in total. The summed E-state index contributed by atoms with van der Waals surface area (Å²) in [6.07, 6.45) is 2.30. The van der Waals surface area contributed by atoms with Gasteiger partial charge in [0.25, 0.3) is 0 Å². The second-order valence-electron chi connectivity index (χ2n) is 5.67. The number of carbonyl (C=O) groups excluding carboxylic acids is 1. The Labute approximate surface area is 135 Å². The highest BCUT2D eigenvalue weighted by atomic mass is 32.2. The fourth-order valence-electron chi connectivity index (χ4n) is 2.85. The molecule has 1 saturated heterocycles. The number of carbonyl (C=O) groups is 1. The Morgan fingerprint density at radius 1 is 1.13 bits per heavy atom. The zero-order valence-electron chi connectivity index (χ0n) is 12.6. The largest absolute Gasteiger partial charge is 0.292 e. The third-order valence-corrected chi connectivity index (χ3v) is 5.69. The Bertz CT molecular complexity index is 776. The summed E-state index contributed by atoms with van der Waals surface area (Å²) in [6.45, 7) is 0. The zero-order chi connectivity index (χ0) is 16.3. The minimum Gasteiger partial charge on any atom is -0.292 e. The van der Waals surface area contributed by atoms with E-state index in [-0.39, 0.29) is 29.9 Å². The lowest BCUT2D eigenvalue weighted by Crippen LogP contribution is -2.42. The van der Waals surface area contributed by atoms with E-state index < -0.39 is 9.84 Å². The van der Waals surface area contributed by atoms with Gasteiger partial charge in [0.2, 0.25) is 5.91 Å². The second-order valence-corrected chi connectivity index (χ2v) is 7.90. The summed E-state index contributed by atoms with van der Waals surface area (Å²) in [5, 5.41) is 0. The lowest BCUT2D eigenvalue weighted by molar-refractivity contribution is -0.118. The number of hydrogen-bond donors (Lipinski definition) is 0. The number of nitrogens with zero attached hydrogens (tertiary/aromatic N) is 2. The number of rotatable bonds is 4. The van der Waals surface area contributed by atoms with Gasteiger partial charge >= 0.3 is 0 Å². The van der Waals surface area contributed by atoms with E-state index in [1.165, 1.54) is 0 Å². The molecule has 1 fully saturated rings. The molecule has 0 bridgehead atoms. The Kier molecular flexibility index (Phi) is 4.43. The molecule has 2 heterocycles. The third kappa shape index (κ3) is 3.76. The smallest absolute Gasteiger partial charge is 0.232 e. The molecule has 6 heteroatoms. The maximum atomic E-state index is 12.8. The molecule has 0 saturated carbocycles. The summed E-state index contributed by atoms with van der Waals surface area (Å²) in [5.74, 6) is 0.511. The van der Waals surface area contributed by atoms with Gasteiger partial charge in [-0.25, -0.2) is 13.4 Å². The minimum atomic E-state index is -3.08. The first-order valence-electron chi connectivity index (χ1n) is 7.52. The van der Waals surface area contributed by atoms with Gasteiger partial charge in [0.1, 0.15) is 5.82 Å². The summed E-state index contributed by atoms with van der Waals surface area (Å²) < 4.78 is 23.6. The minimum absolute atomic E-state index is 0.00407. The van der Waals surface area contributed by atoms with E-state index in [1.807, 2.05) is 30.3 Å². The molecular weight excluding hydrogens is 312 g/mol. The number of anilines is 1. The van der Waals surface area contributed by atoms with Crippen LogP contribution in [0.15, 0.2) is 54.7 Å². The zero-order valence-corrected chi connectivity index (χ0v) is 13.4. The molecule has 120 valence electrons. The Hall–Kier alpha value is -2.21. The van der Waals surface area contributed by atoms with Crippen molar-refractivity contribution >= 4 is 21.6 Å². The van der Waals surface area contributed by atoms with Gasteiger partial charge in [-0.1, -0.05) is 36.4 Å². The van der Waals surface area contributed by atoms with Gasteiger partial charge in [-0.2, -0.15) is 0 Å². The number of sulfone groups is 1. The molecule has 1 amide bonds. The molecular formula is C17H18N2O3S. The van der Waals surface area contributed by atoms with Gasteiger partial charge in [0.05, 0.1) is 24.0 Å². The Balaban J connectivity index is 1.88. The van der Waals surface area contributed by atoms with Crippen molar-refractivity contribution in [2.75, 3.05) is 16.4 Å². The molecule has 1 atom stereocenters. The number of amides is 1. The van der Waals surface area contributed by atoms with Crippen molar-refractivity contribution in [3.8, 4) is 0 Å². The maximum absolute atomic E-state index is 12.8. The van der Waals surface area contributed by atoms with Gasteiger partial charge in [0.15, 0.2) is 9.84 Å². The van der Waals surface area contributed by atoms with E-state index in [4.69, 9.17) is 0 Å². The van der Waals surface area contributed by atoms with Crippen molar-refractivity contribution in [2.24, 2.45) is 0 Å². The first-order valence-corrected chi connectivity index (χ1v) is 9.35. The molecule has 0 radical (unpaired) electrons. The third-order valence-electron chi connectivity index (χ3n) is 3.94. The van der Waals surface area contributed by atoms with E-state index in [0.29, 0.717) is 12.2 Å². The predicted molar refractivity (Wildman–Crippen MR) is 88.9 cm³/mol. The molecule has 1 aliphatic heterocycles. The van der Waals surface area contributed by atoms with Crippen LogP contribution in [-0.4, -0.2) is 36.9 Å².